The molecular weight excluding hydrogens is 247 g/mol. The van der Waals surface area contributed by atoms with E-state index >= 15 is 0 Å². The first-order chi connectivity index (χ1) is 8.69. The fraction of sp³-hybridized carbons (Fsp3) is 0.214. The summed E-state index contributed by atoms with van der Waals surface area (Å²) in [5, 5.41) is 6.04. The first-order valence-corrected chi connectivity index (χ1v) is 6.47. The number of aromatic nitrogens is 1. The molecule has 4 heteroatoms. The maximum Gasteiger partial charge on any atom is 0.123 e. The van der Waals surface area contributed by atoms with Gasteiger partial charge in [0, 0.05) is 17.5 Å². The lowest BCUT2D eigenvalue weighted by molar-refractivity contribution is 0.628. The van der Waals surface area contributed by atoms with Crippen LogP contribution < -0.4 is 5.32 Å². The van der Waals surface area contributed by atoms with Crippen LogP contribution in [-0.4, -0.2) is 11.0 Å². The Morgan fingerprint density at radius 1 is 1.44 bits per heavy atom. The normalized spacial score (nSPS) is 12.1. The molecule has 1 atom stereocenters. The van der Waals surface area contributed by atoms with Gasteiger partial charge >= 0.3 is 0 Å². The van der Waals surface area contributed by atoms with Crippen LogP contribution in [-0.2, 0) is 6.54 Å². The molecular formula is C14H13FN2S. The third-order valence-electron chi connectivity index (χ3n) is 2.48. The second-order valence-corrected chi connectivity index (χ2v) is 4.78. The molecule has 0 spiro atoms. The lowest BCUT2D eigenvalue weighted by atomic mass is 10.2. The molecule has 1 aromatic heterocycles. The quantitative estimate of drug-likeness (QED) is 0.855. The summed E-state index contributed by atoms with van der Waals surface area (Å²) in [7, 11) is 0. The summed E-state index contributed by atoms with van der Waals surface area (Å²) < 4.78 is 12.8. The van der Waals surface area contributed by atoms with Crippen LogP contribution in [0.2, 0.25) is 0 Å². The molecule has 1 heterocycles. The molecule has 0 aliphatic rings. The van der Waals surface area contributed by atoms with Crippen molar-refractivity contribution in [1.29, 1.82) is 0 Å². The molecule has 1 unspecified atom stereocenters. The van der Waals surface area contributed by atoms with E-state index in [-0.39, 0.29) is 11.9 Å². The van der Waals surface area contributed by atoms with Crippen LogP contribution in [0.3, 0.4) is 0 Å². The van der Waals surface area contributed by atoms with Crippen LogP contribution >= 0.6 is 11.3 Å². The van der Waals surface area contributed by atoms with Gasteiger partial charge in [0.2, 0.25) is 0 Å². The summed E-state index contributed by atoms with van der Waals surface area (Å²) in [5.41, 5.74) is 1.87. The van der Waals surface area contributed by atoms with E-state index in [0.29, 0.717) is 6.54 Å². The largest absolute Gasteiger partial charge is 0.298 e. The first kappa shape index (κ1) is 12.7. The Morgan fingerprint density at radius 3 is 2.83 bits per heavy atom. The van der Waals surface area contributed by atoms with Crippen molar-refractivity contribution >= 4 is 11.3 Å². The highest BCUT2D eigenvalue weighted by molar-refractivity contribution is 7.13. The Bertz CT molecular complexity index is 554. The zero-order valence-electron chi connectivity index (χ0n) is 9.98. The topological polar surface area (TPSA) is 24.9 Å². The highest BCUT2D eigenvalue weighted by Crippen LogP contribution is 2.23. The van der Waals surface area contributed by atoms with Gasteiger partial charge in [0.25, 0.3) is 0 Å². The summed E-state index contributed by atoms with van der Waals surface area (Å²) >= 11 is 1.54. The van der Waals surface area contributed by atoms with Crippen LogP contribution in [0.25, 0.3) is 10.6 Å². The van der Waals surface area contributed by atoms with Crippen molar-refractivity contribution in [2.24, 2.45) is 0 Å². The fourth-order valence-electron chi connectivity index (χ4n) is 1.43. The molecule has 2 nitrogen and oxygen atoms in total. The van der Waals surface area contributed by atoms with Gasteiger partial charge < -0.3 is 0 Å². The highest BCUT2D eigenvalue weighted by Gasteiger charge is 2.05. The van der Waals surface area contributed by atoms with Crippen molar-refractivity contribution in [1.82, 2.24) is 10.3 Å². The van der Waals surface area contributed by atoms with Crippen molar-refractivity contribution in [3.8, 4) is 22.9 Å². The fourth-order valence-corrected chi connectivity index (χ4v) is 2.26. The van der Waals surface area contributed by atoms with Gasteiger partial charge in [-0.2, -0.15) is 0 Å². The minimum atomic E-state index is -0.236. The number of halogens is 1. The van der Waals surface area contributed by atoms with Crippen molar-refractivity contribution in [2.45, 2.75) is 19.5 Å². The predicted octanol–water partition coefficient (Wildman–Crippen LogP) is 3.06. The number of benzene rings is 1. The molecule has 2 rings (SSSR count). The third-order valence-corrected chi connectivity index (χ3v) is 3.42. The molecule has 0 bridgehead atoms. The summed E-state index contributed by atoms with van der Waals surface area (Å²) in [4.78, 5) is 4.48. The van der Waals surface area contributed by atoms with E-state index in [4.69, 9.17) is 6.42 Å². The second-order valence-electron chi connectivity index (χ2n) is 3.92. The molecule has 1 aromatic carbocycles. The third kappa shape index (κ3) is 3.16. The SMILES string of the molecule is C#CC(C)NCc1csc(-c2ccc(F)cc2)n1. The Hall–Kier alpha value is -1.70. The zero-order chi connectivity index (χ0) is 13.0. The van der Waals surface area contributed by atoms with Crippen LogP contribution in [0.1, 0.15) is 12.6 Å². The Balaban J connectivity index is 2.06. The van der Waals surface area contributed by atoms with Gasteiger partial charge in [0.15, 0.2) is 0 Å². The molecule has 0 aliphatic carbocycles. The van der Waals surface area contributed by atoms with Crippen LogP contribution in [0.15, 0.2) is 29.6 Å². The number of rotatable bonds is 4. The van der Waals surface area contributed by atoms with E-state index < -0.39 is 0 Å². The number of nitrogens with zero attached hydrogens (tertiary/aromatic N) is 1. The molecule has 2 aromatic rings. The molecule has 0 aliphatic heterocycles. The van der Waals surface area contributed by atoms with Gasteiger partial charge in [0.05, 0.1) is 11.7 Å². The van der Waals surface area contributed by atoms with E-state index in [2.05, 4.69) is 16.2 Å². The van der Waals surface area contributed by atoms with Gasteiger partial charge in [-0.25, -0.2) is 9.37 Å². The van der Waals surface area contributed by atoms with E-state index in [1.165, 1.54) is 12.1 Å². The maximum atomic E-state index is 12.8. The minimum Gasteiger partial charge on any atom is -0.298 e. The van der Waals surface area contributed by atoms with Gasteiger partial charge in [0.1, 0.15) is 10.8 Å². The number of nitrogens with one attached hydrogen (secondary N) is 1. The number of hydrogen-bond acceptors (Lipinski definition) is 3. The average Bonchev–Trinajstić information content (AvgIpc) is 2.85. The molecule has 0 saturated heterocycles. The standard InChI is InChI=1S/C14H13FN2S/c1-3-10(2)16-8-13-9-18-14(17-13)11-4-6-12(15)7-5-11/h1,4-7,9-10,16H,8H2,2H3. The second kappa shape index (κ2) is 5.76. The number of terminal acetylenes is 1. The molecule has 0 fully saturated rings. The van der Waals surface area contributed by atoms with E-state index in [0.717, 1.165) is 16.3 Å². The maximum absolute atomic E-state index is 12.8. The first-order valence-electron chi connectivity index (χ1n) is 5.59. The van der Waals surface area contributed by atoms with E-state index in [1.54, 1.807) is 23.5 Å². The van der Waals surface area contributed by atoms with Gasteiger partial charge in [-0.3, -0.25) is 5.32 Å². The number of hydrogen-bond donors (Lipinski definition) is 1. The number of thiazole rings is 1. The Morgan fingerprint density at radius 2 is 2.17 bits per heavy atom. The van der Waals surface area contributed by atoms with E-state index in [1.807, 2.05) is 12.3 Å². The van der Waals surface area contributed by atoms with Crippen LogP contribution in [0.4, 0.5) is 4.39 Å². The van der Waals surface area contributed by atoms with Gasteiger partial charge in [-0.1, -0.05) is 5.92 Å². The summed E-state index contributed by atoms with van der Waals surface area (Å²) in [6.45, 7) is 2.57. The lowest BCUT2D eigenvalue weighted by Crippen LogP contribution is -2.23. The molecule has 18 heavy (non-hydrogen) atoms. The van der Waals surface area contributed by atoms with Crippen LogP contribution in [0, 0.1) is 18.2 Å². The monoisotopic (exact) mass is 260 g/mol. The Labute approximate surface area is 110 Å². The highest BCUT2D eigenvalue weighted by atomic mass is 32.1. The molecule has 0 radical (unpaired) electrons. The molecule has 1 N–H and O–H groups in total. The summed E-state index contributed by atoms with van der Waals surface area (Å²) in [5.74, 6) is 2.37. The summed E-state index contributed by atoms with van der Waals surface area (Å²) in [6.07, 6.45) is 5.28. The zero-order valence-corrected chi connectivity index (χ0v) is 10.8. The van der Waals surface area contributed by atoms with Crippen molar-refractivity contribution in [3.63, 3.8) is 0 Å². The van der Waals surface area contributed by atoms with Gasteiger partial charge in [-0.05, 0) is 31.2 Å². The van der Waals surface area contributed by atoms with Crippen molar-refractivity contribution < 1.29 is 4.39 Å². The molecule has 0 amide bonds. The predicted molar refractivity (Wildman–Crippen MR) is 72.6 cm³/mol. The smallest absolute Gasteiger partial charge is 0.123 e. The minimum absolute atomic E-state index is 0.0287. The Kier molecular flexibility index (Phi) is 4.08. The van der Waals surface area contributed by atoms with E-state index in [9.17, 15) is 4.39 Å². The summed E-state index contributed by atoms with van der Waals surface area (Å²) in [6, 6.07) is 6.37. The van der Waals surface area contributed by atoms with Crippen molar-refractivity contribution in [3.05, 3.63) is 41.2 Å². The molecule has 92 valence electrons. The average molecular weight is 260 g/mol. The van der Waals surface area contributed by atoms with Crippen LogP contribution in [0.5, 0.6) is 0 Å². The van der Waals surface area contributed by atoms with Gasteiger partial charge in [-0.15, -0.1) is 17.8 Å². The molecule has 0 saturated carbocycles. The lowest BCUT2D eigenvalue weighted by Gasteiger charge is -2.04. The van der Waals surface area contributed by atoms with Crippen molar-refractivity contribution in [2.75, 3.05) is 0 Å².